The number of nitrogens with two attached hydrogens (primary N) is 1. The first-order valence-electron chi connectivity index (χ1n) is 5.59. The van der Waals surface area contributed by atoms with Crippen molar-refractivity contribution in [2.75, 3.05) is 24.8 Å². The first-order valence-corrected chi connectivity index (χ1v) is 5.59. The molecule has 88 valence electrons. The van der Waals surface area contributed by atoms with Crippen molar-refractivity contribution < 1.29 is 4.74 Å². The third-order valence-corrected chi connectivity index (χ3v) is 2.52. The van der Waals surface area contributed by atoms with Crippen LogP contribution in [0.5, 0.6) is 0 Å². The van der Waals surface area contributed by atoms with Crippen molar-refractivity contribution >= 4 is 11.6 Å². The minimum Gasteiger partial charge on any atom is -0.384 e. The molecule has 0 spiro atoms. The smallest absolute Gasteiger partial charge is 0.136 e. The summed E-state index contributed by atoms with van der Waals surface area (Å²) in [6.07, 6.45) is 2.35. The second-order valence-electron chi connectivity index (χ2n) is 4.31. The summed E-state index contributed by atoms with van der Waals surface area (Å²) in [5.41, 5.74) is 5.75. The maximum Gasteiger partial charge on any atom is 0.136 e. The molecule has 1 aromatic heterocycles. The SMILES string of the molecule is COC[C@H](C)Nc1cc(N)nc(C2CC2)n1. The molecule has 1 aromatic rings. The molecule has 1 aliphatic rings. The summed E-state index contributed by atoms with van der Waals surface area (Å²) >= 11 is 0. The zero-order chi connectivity index (χ0) is 11.5. The number of nitrogens with zero attached hydrogens (tertiary/aromatic N) is 2. The van der Waals surface area contributed by atoms with Crippen molar-refractivity contribution in [3.05, 3.63) is 11.9 Å². The molecule has 0 saturated heterocycles. The monoisotopic (exact) mass is 222 g/mol. The van der Waals surface area contributed by atoms with E-state index in [-0.39, 0.29) is 6.04 Å². The molecule has 0 radical (unpaired) electrons. The molecule has 2 rings (SSSR count). The predicted molar refractivity (Wildman–Crippen MR) is 63.4 cm³/mol. The Morgan fingerprint density at radius 3 is 2.94 bits per heavy atom. The van der Waals surface area contributed by atoms with Gasteiger partial charge >= 0.3 is 0 Å². The van der Waals surface area contributed by atoms with Crippen LogP contribution in [-0.2, 0) is 4.74 Å². The lowest BCUT2D eigenvalue weighted by Crippen LogP contribution is -2.22. The zero-order valence-corrected chi connectivity index (χ0v) is 9.73. The number of methoxy groups -OCH3 is 1. The molecule has 3 N–H and O–H groups in total. The van der Waals surface area contributed by atoms with E-state index in [0.717, 1.165) is 11.6 Å². The Kier molecular flexibility index (Phi) is 3.24. The van der Waals surface area contributed by atoms with Gasteiger partial charge in [0.2, 0.25) is 0 Å². The molecule has 1 heterocycles. The van der Waals surface area contributed by atoms with Gasteiger partial charge in [-0.05, 0) is 19.8 Å². The van der Waals surface area contributed by atoms with E-state index >= 15 is 0 Å². The summed E-state index contributed by atoms with van der Waals surface area (Å²) in [6, 6.07) is 1.98. The quantitative estimate of drug-likeness (QED) is 0.787. The Labute approximate surface area is 95.4 Å². The van der Waals surface area contributed by atoms with E-state index in [1.165, 1.54) is 12.8 Å². The van der Waals surface area contributed by atoms with Crippen LogP contribution in [0.2, 0.25) is 0 Å². The van der Waals surface area contributed by atoms with Crippen molar-refractivity contribution in [3.63, 3.8) is 0 Å². The largest absolute Gasteiger partial charge is 0.384 e. The molecule has 5 nitrogen and oxygen atoms in total. The molecule has 1 saturated carbocycles. The maximum atomic E-state index is 5.75. The van der Waals surface area contributed by atoms with Crippen LogP contribution in [-0.4, -0.2) is 29.7 Å². The van der Waals surface area contributed by atoms with Crippen molar-refractivity contribution in [1.29, 1.82) is 0 Å². The van der Waals surface area contributed by atoms with Gasteiger partial charge in [-0.3, -0.25) is 0 Å². The Morgan fingerprint density at radius 1 is 1.56 bits per heavy atom. The third-order valence-electron chi connectivity index (χ3n) is 2.52. The van der Waals surface area contributed by atoms with Gasteiger partial charge in [-0.1, -0.05) is 0 Å². The lowest BCUT2D eigenvalue weighted by atomic mass is 10.3. The van der Waals surface area contributed by atoms with Crippen molar-refractivity contribution in [3.8, 4) is 0 Å². The lowest BCUT2D eigenvalue weighted by molar-refractivity contribution is 0.190. The predicted octanol–water partition coefficient (Wildman–Crippen LogP) is 1.38. The minimum absolute atomic E-state index is 0.214. The number of hydrogen-bond donors (Lipinski definition) is 2. The number of nitrogens with one attached hydrogen (secondary N) is 1. The Hall–Kier alpha value is -1.36. The van der Waals surface area contributed by atoms with Crippen LogP contribution in [0.25, 0.3) is 0 Å². The van der Waals surface area contributed by atoms with E-state index in [4.69, 9.17) is 10.5 Å². The topological polar surface area (TPSA) is 73.1 Å². The lowest BCUT2D eigenvalue weighted by Gasteiger charge is -2.14. The van der Waals surface area contributed by atoms with E-state index in [1.54, 1.807) is 13.2 Å². The van der Waals surface area contributed by atoms with Gasteiger partial charge < -0.3 is 15.8 Å². The van der Waals surface area contributed by atoms with E-state index in [2.05, 4.69) is 15.3 Å². The number of aromatic nitrogens is 2. The fourth-order valence-electron chi connectivity index (χ4n) is 1.63. The molecule has 0 unspecified atom stereocenters. The highest BCUT2D eigenvalue weighted by Crippen LogP contribution is 2.38. The fourth-order valence-corrected chi connectivity index (χ4v) is 1.63. The van der Waals surface area contributed by atoms with E-state index in [9.17, 15) is 0 Å². The van der Waals surface area contributed by atoms with Crippen LogP contribution in [0.1, 0.15) is 31.5 Å². The van der Waals surface area contributed by atoms with E-state index in [0.29, 0.717) is 18.3 Å². The van der Waals surface area contributed by atoms with Gasteiger partial charge in [-0.25, -0.2) is 9.97 Å². The first kappa shape index (κ1) is 11.1. The highest BCUT2D eigenvalue weighted by atomic mass is 16.5. The molecule has 0 amide bonds. The van der Waals surface area contributed by atoms with Crippen molar-refractivity contribution in [1.82, 2.24) is 9.97 Å². The molecule has 1 atom stereocenters. The molecule has 0 aliphatic heterocycles. The summed E-state index contributed by atoms with van der Waals surface area (Å²) in [7, 11) is 1.68. The van der Waals surface area contributed by atoms with Gasteiger partial charge in [0.15, 0.2) is 0 Å². The third kappa shape index (κ3) is 2.82. The van der Waals surface area contributed by atoms with Crippen LogP contribution in [0.3, 0.4) is 0 Å². The van der Waals surface area contributed by atoms with E-state index < -0.39 is 0 Å². The van der Waals surface area contributed by atoms with Gasteiger partial charge in [-0.15, -0.1) is 0 Å². The van der Waals surface area contributed by atoms with Gasteiger partial charge in [0, 0.05) is 25.1 Å². The molecule has 1 aliphatic carbocycles. The molecule has 0 aromatic carbocycles. The average molecular weight is 222 g/mol. The van der Waals surface area contributed by atoms with Gasteiger partial charge in [-0.2, -0.15) is 0 Å². The number of rotatable bonds is 5. The highest BCUT2D eigenvalue weighted by molar-refractivity contribution is 5.45. The second-order valence-corrected chi connectivity index (χ2v) is 4.31. The maximum absolute atomic E-state index is 5.75. The number of anilines is 2. The number of nitrogen functional groups attached to an aromatic ring is 1. The van der Waals surface area contributed by atoms with Crippen LogP contribution < -0.4 is 11.1 Å². The summed E-state index contributed by atoms with van der Waals surface area (Å²) in [5, 5.41) is 3.25. The molecule has 0 bridgehead atoms. The Balaban J connectivity index is 2.07. The first-order chi connectivity index (χ1) is 7.69. The summed E-state index contributed by atoms with van der Waals surface area (Å²) in [6.45, 7) is 2.68. The van der Waals surface area contributed by atoms with Crippen LogP contribution in [0.4, 0.5) is 11.6 Å². The molecular weight excluding hydrogens is 204 g/mol. The summed E-state index contributed by atoms with van der Waals surface area (Å²) in [5.74, 6) is 2.71. The molecular formula is C11H18N4O. The molecule has 1 fully saturated rings. The zero-order valence-electron chi connectivity index (χ0n) is 9.73. The number of ether oxygens (including phenoxy) is 1. The Bertz CT molecular complexity index is 365. The van der Waals surface area contributed by atoms with Crippen molar-refractivity contribution in [2.24, 2.45) is 0 Å². The minimum atomic E-state index is 0.214. The van der Waals surface area contributed by atoms with Gasteiger partial charge in [0.1, 0.15) is 17.5 Å². The second kappa shape index (κ2) is 4.65. The standard InChI is InChI=1S/C11H18N4O/c1-7(6-16-2)13-10-5-9(12)14-11(15-10)8-3-4-8/h5,7-8H,3-4,6H2,1-2H3,(H3,12,13,14,15)/t7-/m0/s1. The molecule has 5 heteroatoms. The number of hydrogen-bond acceptors (Lipinski definition) is 5. The van der Waals surface area contributed by atoms with Crippen LogP contribution in [0, 0.1) is 0 Å². The normalized spacial score (nSPS) is 17.1. The average Bonchev–Trinajstić information content (AvgIpc) is 2.99. The summed E-state index contributed by atoms with van der Waals surface area (Å²) < 4.78 is 5.06. The van der Waals surface area contributed by atoms with Gasteiger partial charge in [0.25, 0.3) is 0 Å². The molecule has 16 heavy (non-hydrogen) atoms. The fraction of sp³-hybridized carbons (Fsp3) is 0.636. The van der Waals surface area contributed by atoms with E-state index in [1.807, 2.05) is 6.92 Å². The van der Waals surface area contributed by atoms with Gasteiger partial charge in [0.05, 0.1) is 6.61 Å². The summed E-state index contributed by atoms with van der Waals surface area (Å²) in [4.78, 5) is 8.70. The highest BCUT2D eigenvalue weighted by Gasteiger charge is 2.27. The Morgan fingerprint density at radius 2 is 2.31 bits per heavy atom. The van der Waals surface area contributed by atoms with Crippen LogP contribution in [0.15, 0.2) is 6.07 Å². The van der Waals surface area contributed by atoms with Crippen molar-refractivity contribution in [2.45, 2.75) is 31.7 Å². The van der Waals surface area contributed by atoms with Crippen LogP contribution >= 0.6 is 0 Å².